The van der Waals surface area contributed by atoms with Crippen molar-refractivity contribution in [1.29, 1.82) is 0 Å². The lowest BCUT2D eigenvalue weighted by Crippen LogP contribution is -2.11. The van der Waals surface area contributed by atoms with Gasteiger partial charge in [-0.1, -0.05) is 75.0 Å². The number of esters is 1. The lowest BCUT2D eigenvalue weighted by Gasteiger charge is -2.18. The van der Waals surface area contributed by atoms with Gasteiger partial charge in [0.05, 0.1) is 5.52 Å². The number of aryl methyl sites for hydroxylation is 1. The average molecular weight is 479 g/mol. The van der Waals surface area contributed by atoms with Crippen molar-refractivity contribution in [3.63, 3.8) is 0 Å². The van der Waals surface area contributed by atoms with Crippen LogP contribution in [0.3, 0.4) is 0 Å². The van der Waals surface area contributed by atoms with Crippen LogP contribution in [0.15, 0.2) is 99.5 Å². The SMILES string of the molecule is Cc1ccc2cc(C=C3N=C(c4ccc(C(C)(C)C)cc4)OC3=O)c(Sc3ccccc3)nc2c1. The first-order valence-corrected chi connectivity index (χ1v) is 12.4. The van der Waals surface area contributed by atoms with Gasteiger partial charge in [0.15, 0.2) is 5.70 Å². The van der Waals surface area contributed by atoms with Crippen LogP contribution >= 0.6 is 11.8 Å². The standard InChI is InChI=1S/C30H26N2O2S/c1-19-10-11-21-17-22(28(32-25(21)16-19)35-24-8-6-5-7-9-24)18-26-29(33)34-27(31-26)20-12-14-23(15-13-20)30(2,3)4/h5-18H,1-4H3. The molecule has 2 heterocycles. The Balaban J connectivity index is 1.55. The second-order valence-electron chi connectivity index (χ2n) is 9.66. The lowest BCUT2D eigenvalue weighted by molar-refractivity contribution is -0.129. The van der Waals surface area contributed by atoms with E-state index in [1.165, 1.54) is 5.56 Å². The molecule has 0 saturated heterocycles. The molecule has 174 valence electrons. The van der Waals surface area contributed by atoms with Crippen LogP contribution in [0, 0.1) is 6.92 Å². The van der Waals surface area contributed by atoms with Crippen LogP contribution in [0.25, 0.3) is 17.0 Å². The van der Waals surface area contributed by atoms with Crippen molar-refractivity contribution in [3.05, 3.63) is 107 Å². The molecule has 0 atom stereocenters. The van der Waals surface area contributed by atoms with Crippen molar-refractivity contribution in [1.82, 2.24) is 4.98 Å². The zero-order chi connectivity index (χ0) is 24.6. The fourth-order valence-corrected chi connectivity index (χ4v) is 4.75. The Morgan fingerprint density at radius 1 is 0.914 bits per heavy atom. The van der Waals surface area contributed by atoms with Crippen LogP contribution in [-0.2, 0) is 14.9 Å². The number of hydrogen-bond acceptors (Lipinski definition) is 5. The summed E-state index contributed by atoms with van der Waals surface area (Å²) in [6, 6.07) is 26.3. The van der Waals surface area contributed by atoms with Crippen LogP contribution in [0.4, 0.5) is 0 Å². The number of nitrogens with zero attached hydrogens (tertiary/aromatic N) is 2. The largest absolute Gasteiger partial charge is 0.402 e. The molecule has 0 saturated carbocycles. The maximum atomic E-state index is 12.7. The summed E-state index contributed by atoms with van der Waals surface area (Å²) in [4.78, 5) is 23.3. The average Bonchev–Trinajstić information content (AvgIpc) is 3.20. The Morgan fingerprint density at radius 2 is 1.66 bits per heavy atom. The number of pyridine rings is 1. The van der Waals surface area contributed by atoms with E-state index in [1.54, 1.807) is 17.8 Å². The zero-order valence-electron chi connectivity index (χ0n) is 20.2. The van der Waals surface area contributed by atoms with E-state index < -0.39 is 5.97 Å². The summed E-state index contributed by atoms with van der Waals surface area (Å²) >= 11 is 1.56. The number of carbonyl (C=O) groups is 1. The predicted molar refractivity (Wildman–Crippen MR) is 143 cm³/mol. The van der Waals surface area contributed by atoms with Crippen LogP contribution in [-0.4, -0.2) is 16.9 Å². The molecule has 1 aliphatic rings. The molecular weight excluding hydrogens is 452 g/mol. The lowest BCUT2D eigenvalue weighted by atomic mass is 9.87. The van der Waals surface area contributed by atoms with E-state index in [4.69, 9.17) is 9.72 Å². The molecule has 0 amide bonds. The fourth-order valence-electron chi connectivity index (χ4n) is 3.85. The third-order valence-electron chi connectivity index (χ3n) is 5.83. The molecule has 0 fully saturated rings. The summed E-state index contributed by atoms with van der Waals surface area (Å²) in [6.07, 6.45) is 1.77. The van der Waals surface area contributed by atoms with E-state index >= 15 is 0 Å². The summed E-state index contributed by atoms with van der Waals surface area (Å²) in [5.41, 5.74) is 5.20. The summed E-state index contributed by atoms with van der Waals surface area (Å²) < 4.78 is 5.53. The number of cyclic esters (lactones) is 1. The summed E-state index contributed by atoms with van der Waals surface area (Å²) in [7, 11) is 0. The molecule has 0 aliphatic carbocycles. The minimum absolute atomic E-state index is 0.0478. The Hall–Kier alpha value is -3.70. The first kappa shape index (κ1) is 23.1. The van der Waals surface area contributed by atoms with Gasteiger partial charge in [-0.25, -0.2) is 14.8 Å². The highest BCUT2D eigenvalue weighted by atomic mass is 32.2. The van der Waals surface area contributed by atoms with Crippen molar-refractivity contribution in [2.24, 2.45) is 4.99 Å². The third kappa shape index (κ3) is 5.05. The quantitative estimate of drug-likeness (QED) is 0.227. The van der Waals surface area contributed by atoms with Crippen molar-refractivity contribution in [3.8, 4) is 0 Å². The zero-order valence-corrected chi connectivity index (χ0v) is 21.0. The van der Waals surface area contributed by atoms with Gasteiger partial charge in [0, 0.05) is 21.4 Å². The number of benzene rings is 3. The number of aromatic nitrogens is 1. The molecular formula is C30H26N2O2S. The van der Waals surface area contributed by atoms with Gasteiger partial charge in [-0.15, -0.1) is 0 Å². The molecule has 5 heteroatoms. The molecule has 4 aromatic rings. The van der Waals surface area contributed by atoms with Gasteiger partial charge < -0.3 is 4.74 Å². The van der Waals surface area contributed by atoms with E-state index in [-0.39, 0.29) is 11.1 Å². The maximum Gasteiger partial charge on any atom is 0.363 e. The number of aliphatic imine (C=N–C) groups is 1. The van der Waals surface area contributed by atoms with Crippen molar-refractivity contribution < 1.29 is 9.53 Å². The monoisotopic (exact) mass is 478 g/mol. The summed E-state index contributed by atoms with van der Waals surface area (Å²) in [5, 5.41) is 1.82. The van der Waals surface area contributed by atoms with E-state index in [1.807, 2.05) is 42.5 Å². The van der Waals surface area contributed by atoms with Gasteiger partial charge in [-0.05, 0) is 65.9 Å². The van der Waals surface area contributed by atoms with Crippen molar-refractivity contribution >= 4 is 40.6 Å². The summed E-state index contributed by atoms with van der Waals surface area (Å²) in [6.45, 7) is 8.56. The highest BCUT2D eigenvalue weighted by molar-refractivity contribution is 7.99. The molecule has 0 N–H and O–H groups in total. The van der Waals surface area contributed by atoms with Gasteiger partial charge in [0.2, 0.25) is 5.90 Å². The Labute approximate surface area is 209 Å². The molecule has 4 nitrogen and oxygen atoms in total. The number of ether oxygens (including phenoxy) is 1. The Bertz CT molecular complexity index is 1480. The highest BCUT2D eigenvalue weighted by Gasteiger charge is 2.25. The Morgan fingerprint density at radius 3 is 2.37 bits per heavy atom. The Kier molecular flexibility index (Phi) is 6.03. The van der Waals surface area contributed by atoms with Crippen molar-refractivity contribution in [2.75, 3.05) is 0 Å². The van der Waals surface area contributed by atoms with Gasteiger partial charge in [0.25, 0.3) is 0 Å². The summed E-state index contributed by atoms with van der Waals surface area (Å²) in [5.74, 6) is -0.136. The van der Waals surface area contributed by atoms with Gasteiger partial charge in [0.1, 0.15) is 5.03 Å². The first-order chi connectivity index (χ1) is 16.8. The van der Waals surface area contributed by atoms with Gasteiger partial charge in [-0.2, -0.15) is 0 Å². The normalized spacial score (nSPS) is 14.9. The van der Waals surface area contributed by atoms with Crippen LogP contribution in [0.1, 0.15) is 43.0 Å². The van der Waals surface area contributed by atoms with E-state index in [0.29, 0.717) is 5.90 Å². The minimum Gasteiger partial charge on any atom is -0.402 e. The molecule has 35 heavy (non-hydrogen) atoms. The number of hydrogen-bond donors (Lipinski definition) is 0. The smallest absolute Gasteiger partial charge is 0.363 e. The topological polar surface area (TPSA) is 51.5 Å². The van der Waals surface area contributed by atoms with Crippen LogP contribution in [0.5, 0.6) is 0 Å². The third-order valence-corrected chi connectivity index (χ3v) is 6.86. The maximum absolute atomic E-state index is 12.7. The molecule has 0 spiro atoms. The van der Waals surface area contributed by atoms with Crippen molar-refractivity contribution in [2.45, 2.75) is 43.0 Å². The van der Waals surface area contributed by atoms with Crippen LogP contribution < -0.4 is 0 Å². The first-order valence-electron chi connectivity index (χ1n) is 11.5. The van der Waals surface area contributed by atoms with Crippen LogP contribution in [0.2, 0.25) is 0 Å². The molecule has 0 unspecified atom stereocenters. The van der Waals surface area contributed by atoms with E-state index in [9.17, 15) is 4.79 Å². The van der Waals surface area contributed by atoms with E-state index in [0.717, 1.165) is 37.5 Å². The molecule has 1 aliphatic heterocycles. The number of rotatable bonds is 4. The van der Waals surface area contributed by atoms with Gasteiger partial charge in [-0.3, -0.25) is 0 Å². The fraction of sp³-hybridized carbons (Fsp3) is 0.167. The van der Waals surface area contributed by atoms with E-state index in [2.05, 4.69) is 69.1 Å². The second-order valence-corrected chi connectivity index (χ2v) is 10.7. The van der Waals surface area contributed by atoms with Gasteiger partial charge >= 0.3 is 5.97 Å². The molecule has 1 aromatic heterocycles. The highest BCUT2D eigenvalue weighted by Crippen LogP contribution is 2.33. The number of carbonyl (C=O) groups excluding carboxylic acids is 1. The minimum atomic E-state index is -0.459. The molecule has 5 rings (SSSR count). The molecule has 0 radical (unpaired) electrons. The predicted octanol–water partition coefficient (Wildman–Crippen LogP) is 7.34. The molecule has 3 aromatic carbocycles. The second kappa shape index (κ2) is 9.16. The molecule has 0 bridgehead atoms. The number of fused-ring (bicyclic) bond motifs is 1.